The smallest absolute Gasteiger partial charge is 0.319 e. The number of carbonyl (C=O) groups is 1. The number of aromatic nitrogens is 3. The van der Waals surface area contributed by atoms with Gasteiger partial charge in [-0.15, -0.1) is 10.2 Å². The lowest BCUT2D eigenvalue weighted by atomic mass is 10.2. The predicted molar refractivity (Wildman–Crippen MR) is 111 cm³/mol. The standard InChI is InChI=1S/C20H23N7O/c1-14-7-8-17(23-13-14)25-19-10-9-18(26-27-19)21-11-12-22-20(28)24-16-6-4-3-5-15(16)2/h3-10,13H,11-12H2,1-2H3,(H,21,26)(H2,22,24,28)(H,23,25,27). The van der Waals surface area contributed by atoms with Crippen molar-refractivity contribution < 1.29 is 4.79 Å². The van der Waals surface area contributed by atoms with Crippen molar-refractivity contribution in [2.45, 2.75) is 13.8 Å². The van der Waals surface area contributed by atoms with Crippen LogP contribution in [0.2, 0.25) is 0 Å². The minimum Gasteiger partial charge on any atom is -0.367 e. The third-order valence-corrected chi connectivity index (χ3v) is 3.94. The molecule has 28 heavy (non-hydrogen) atoms. The minimum atomic E-state index is -0.243. The molecule has 0 saturated heterocycles. The van der Waals surface area contributed by atoms with E-state index >= 15 is 0 Å². The van der Waals surface area contributed by atoms with Crippen molar-refractivity contribution >= 4 is 29.2 Å². The lowest BCUT2D eigenvalue weighted by Gasteiger charge is -2.10. The summed E-state index contributed by atoms with van der Waals surface area (Å²) in [5, 5.41) is 20.0. The quantitative estimate of drug-likeness (QED) is 0.470. The van der Waals surface area contributed by atoms with E-state index < -0.39 is 0 Å². The van der Waals surface area contributed by atoms with Gasteiger partial charge in [0, 0.05) is 25.0 Å². The molecule has 0 atom stereocenters. The molecule has 0 bridgehead atoms. The fourth-order valence-electron chi connectivity index (χ4n) is 2.41. The molecule has 8 heteroatoms. The second-order valence-corrected chi connectivity index (χ2v) is 6.27. The first-order chi connectivity index (χ1) is 13.6. The van der Waals surface area contributed by atoms with E-state index in [0.717, 1.165) is 16.8 Å². The molecule has 0 saturated carbocycles. The monoisotopic (exact) mass is 377 g/mol. The van der Waals surface area contributed by atoms with Crippen molar-refractivity contribution in [2.75, 3.05) is 29.0 Å². The largest absolute Gasteiger partial charge is 0.367 e. The fourth-order valence-corrected chi connectivity index (χ4v) is 2.41. The van der Waals surface area contributed by atoms with Gasteiger partial charge in [-0.1, -0.05) is 24.3 Å². The number of carbonyl (C=O) groups excluding carboxylic acids is 1. The van der Waals surface area contributed by atoms with Gasteiger partial charge in [0.2, 0.25) is 0 Å². The summed E-state index contributed by atoms with van der Waals surface area (Å²) in [7, 11) is 0. The molecule has 2 amide bonds. The number of anilines is 4. The van der Waals surface area contributed by atoms with Gasteiger partial charge in [0.05, 0.1) is 0 Å². The number of aryl methyl sites for hydroxylation is 2. The van der Waals surface area contributed by atoms with E-state index in [1.54, 1.807) is 6.20 Å². The molecule has 4 N–H and O–H groups in total. The number of hydrogen-bond acceptors (Lipinski definition) is 6. The third kappa shape index (κ3) is 5.66. The lowest BCUT2D eigenvalue weighted by molar-refractivity contribution is 0.252. The van der Waals surface area contributed by atoms with Gasteiger partial charge in [-0.3, -0.25) is 0 Å². The van der Waals surface area contributed by atoms with Crippen LogP contribution in [0.15, 0.2) is 54.7 Å². The van der Waals surface area contributed by atoms with Crippen molar-refractivity contribution in [1.82, 2.24) is 20.5 Å². The Labute approximate surface area is 163 Å². The normalized spacial score (nSPS) is 10.2. The Morgan fingerprint density at radius 3 is 2.36 bits per heavy atom. The highest BCUT2D eigenvalue weighted by atomic mass is 16.2. The number of amides is 2. The predicted octanol–water partition coefficient (Wildman–Crippen LogP) is 3.47. The maximum absolute atomic E-state index is 11.9. The number of urea groups is 1. The fraction of sp³-hybridized carbons (Fsp3) is 0.200. The van der Waals surface area contributed by atoms with Crippen LogP contribution < -0.4 is 21.3 Å². The van der Waals surface area contributed by atoms with E-state index in [9.17, 15) is 4.79 Å². The Balaban J connectivity index is 1.39. The van der Waals surface area contributed by atoms with E-state index in [0.29, 0.717) is 30.5 Å². The highest BCUT2D eigenvalue weighted by Crippen LogP contribution is 2.13. The molecule has 1 aromatic carbocycles. The maximum Gasteiger partial charge on any atom is 0.319 e. The molecule has 3 rings (SSSR count). The number of nitrogens with one attached hydrogen (secondary N) is 4. The topological polar surface area (TPSA) is 104 Å². The van der Waals surface area contributed by atoms with Crippen LogP contribution >= 0.6 is 0 Å². The van der Waals surface area contributed by atoms with Gasteiger partial charge in [0.15, 0.2) is 5.82 Å². The van der Waals surface area contributed by atoms with Crippen LogP contribution in [0.4, 0.5) is 27.9 Å². The Bertz CT molecular complexity index is 911. The van der Waals surface area contributed by atoms with Crippen molar-refractivity contribution in [3.8, 4) is 0 Å². The zero-order chi connectivity index (χ0) is 19.8. The van der Waals surface area contributed by atoms with Gasteiger partial charge in [0.25, 0.3) is 0 Å². The summed E-state index contributed by atoms with van der Waals surface area (Å²) in [4.78, 5) is 16.2. The summed E-state index contributed by atoms with van der Waals surface area (Å²) < 4.78 is 0. The molecule has 3 aromatic rings. The van der Waals surface area contributed by atoms with E-state index in [1.807, 2.05) is 62.4 Å². The summed E-state index contributed by atoms with van der Waals surface area (Å²) in [6, 6.07) is 14.9. The molecule has 0 aliphatic heterocycles. The summed E-state index contributed by atoms with van der Waals surface area (Å²) in [5.74, 6) is 1.95. The van der Waals surface area contributed by atoms with Crippen LogP contribution in [-0.4, -0.2) is 34.3 Å². The molecular weight excluding hydrogens is 354 g/mol. The molecule has 0 unspecified atom stereocenters. The molecule has 0 fully saturated rings. The average Bonchev–Trinajstić information content (AvgIpc) is 2.70. The van der Waals surface area contributed by atoms with Crippen molar-refractivity contribution in [3.63, 3.8) is 0 Å². The van der Waals surface area contributed by atoms with Crippen molar-refractivity contribution in [2.24, 2.45) is 0 Å². The van der Waals surface area contributed by atoms with E-state index in [4.69, 9.17) is 0 Å². The van der Waals surface area contributed by atoms with Crippen LogP contribution in [0.25, 0.3) is 0 Å². The maximum atomic E-state index is 11.9. The second-order valence-electron chi connectivity index (χ2n) is 6.27. The number of pyridine rings is 1. The zero-order valence-corrected chi connectivity index (χ0v) is 15.9. The average molecular weight is 377 g/mol. The first kappa shape index (κ1) is 19.1. The summed E-state index contributed by atoms with van der Waals surface area (Å²) in [5.41, 5.74) is 2.91. The second kappa shape index (κ2) is 9.31. The van der Waals surface area contributed by atoms with Gasteiger partial charge in [-0.05, 0) is 49.2 Å². The van der Waals surface area contributed by atoms with Gasteiger partial charge < -0.3 is 21.3 Å². The Hall–Kier alpha value is -3.68. The molecular formula is C20H23N7O. The van der Waals surface area contributed by atoms with Crippen molar-refractivity contribution in [3.05, 3.63) is 65.9 Å². The SMILES string of the molecule is Cc1ccc(Nc2ccc(NCCNC(=O)Nc3ccccc3C)nn2)nc1. The van der Waals surface area contributed by atoms with Crippen LogP contribution in [-0.2, 0) is 0 Å². The highest BCUT2D eigenvalue weighted by Gasteiger charge is 2.03. The Morgan fingerprint density at radius 1 is 0.893 bits per heavy atom. The number of benzene rings is 1. The van der Waals surface area contributed by atoms with Crippen LogP contribution in [0.5, 0.6) is 0 Å². The molecule has 0 aliphatic rings. The van der Waals surface area contributed by atoms with Gasteiger partial charge in [-0.25, -0.2) is 9.78 Å². The number of hydrogen-bond donors (Lipinski definition) is 4. The van der Waals surface area contributed by atoms with Gasteiger partial charge in [0.1, 0.15) is 11.6 Å². The van der Waals surface area contributed by atoms with Crippen molar-refractivity contribution in [1.29, 1.82) is 0 Å². The molecule has 0 radical (unpaired) electrons. The number of rotatable bonds is 7. The highest BCUT2D eigenvalue weighted by molar-refractivity contribution is 5.90. The molecule has 2 aromatic heterocycles. The minimum absolute atomic E-state index is 0.243. The Morgan fingerprint density at radius 2 is 1.64 bits per heavy atom. The van der Waals surface area contributed by atoms with E-state index in [-0.39, 0.29) is 6.03 Å². The number of para-hydroxylation sites is 1. The van der Waals surface area contributed by atoms with E-state index in [1.165, 1.54) is 0 Å². The lowest BCUT2D eigenvalue weighted by Crippen LogP contribution is -2.32. The molecule has 8 nitrogen and oxygen atoms in total. The Kier molecular flexibility index (Phi) is 6.35. The van der Waals surface area contributed by atoms with Gasteiger partial charge >= 0.3 is 6.03 Å². The molecule has 0 spiro atoms. The third-order valence-electron chi connectivity index (χ3n) is 3.94. The summed E-state index contributed by atoms with van der Waals surface area (Å²) >= 11 is 0. The first-order valence-corrected chi connectivity index (χ1v) is 8.98. The number of nitrogens with zero attached hydrogens (tertiary/aromatic N) is 3. The van der Waals surface area contributed by atoms with Gasteiger partial charge in [-0.2, -0.15) is 0 Å². The molecule has 144 valence electrons. The molecule has 0 aliphatic carbocycles. The van der Waals surface area contributed by atoms with Crippen LogP contribution in [0, 0.1) is 13.8 Å². The first-order valence-electron chi connectivity index (χ1n) is 8.98. The zero-order valence-electron chi connectivity index (χ0n) is 15.9. The molecule has 2 heterocycles. The summed E-state index contributed by atoms with van der Waals surface area (Å²) in [6.45, 7) is 4.91. The van der Waals surface area contributed by atoms with Crippen LogP contribution in [0.1, 0.15) is 11.1 Å². The van der Waals surface area contributed by atoms with E-state index in [2.05, 4.69) is 36.4 Å². The summed E-state index contributed by atoms with van der Waals surface area (Å²) in [6.07, 6.45) is 1.79. The van der Waals surface area contributed by atoms with Crippen LogP contribution in [0.3, 0.4) is 0 Å².